The molecule has 1 saturated heterocycles. The highest BCUT2D eigenvalue weighted by Gasteiger charge is 2.57. The van der Waals surface area contributed by atoms with Crippen molar-refractivity contribution < 1.29 is 27.2 Å². The highest BCUT2D eigenvalue weighted by atomic mass is 28.4. The van der Waals surface area contributed by atoms with Crippen molar-refractivity contribution in [2.45, 2.75) is 193 Å². The molecule has 0 saturated carbocycles. The zero-order valence-corrected chi connectivity index (χ0v) is 38.1. The largest absolute Gasteiger partial charge is 0.414 e. The molecule has 1 fully saturated rings. The molecule has 5 atom stereocenters. The van der Waals surface area contributed by atoms with Gasteiger partial charge in [0.15, 0.2) is 39.6 Å². The first-order chi connectivity index (χ1) is 20.8. The maximum Gasteiger partial charge on any atom is 0.192 e. The average molecular weight is 727 g/mol. The first-order valence-electron chi connectivity index (χ1n) is 17.8. The third-order valence-corrected chi connectivity index (χ3v) is 29.9. The molecule has 47 heavy (non-hydrogen) atoms. The topological polar surface area (TPSA) is 55.4 Å². The molecule has 0 amide bonds. The SMILES string of the molecule is CC(C)(C)[Si](C)(C)OC[C@H]1O[C@H](OCc2ccccc2)[C@H](O[Si](C)(C)C(C)(C)C)[C@@H](O[Si](C)(C)C(C)(C)C)[C@H]1O[Si](C)(C)C(C)(C)C. The van der Waals surface area contributed by atoms with Crippen molar-refractivity contribution in [1.82, 2.24) is 0 Å². The minimum atomic E-state index is -2.33. The summed E-state index contributed by atoms with van der Waals surface area (Å²) in [6.07, 6.45) is -2.25. The second kappa shape index (κ2) is 14.8. The van der Waals surface area contributed by atoms with E-state index in [9.17, 15) is 0 Å². The van der Waals surface area contributed by atoms with Crippen molar-refractivity contribution >= 4 is 33.3 Å². The molecule has 1 aliphatic rings. The summed E-state index contributed by atoms with van der Waals surface area (Å²) in [4.78, 5) is 0. The van der Waals surface area contributed by atoms with Crippen molar-refractivity contribution in [2.75, 3.05) is 6.61 Å². The van der Waals surface area contributed by atoms with Crippen molar-refractivity contribution in [3.63, 3.8) is 0 Å². The van der Waals surface area contributed by atoms with E-state index >= 15 is 0 Å². The number of hydrogen-bond acceptors (Lipinski definition) is 6. The Balaban J connectivity index is 2.81. The fraction of sp³-hybridized carbons (Fsp3) is 0.838. The normalized spacial score (nSPS) is 24.5. The van der Waals surface area contributed by atoms with Crippen LogP contribution in [0.5, 0.6) is 0 Å². The van der Waals surface area contributed by atoms with Gasteiger partial charge in [-0.2, -0.15) is 0 Å². The van der Waals surface area contributed by atoms with E-state index in [1.165, 1.54) is 0 Å². The van der Waals surface area contributed by atoms with Crippen LogP contribution >= 0.6 is 0 Å². The zero-order chi connectivity index (χ0) is 36.7. The van der Waals surface area contributed by atoms with Gasteiger partial charge in [-0.1, -0.05) is 113 Å². The average Bonchev–Trinajstić information content (AvgIpc) is 2.87. The van der Waals surface area contributed by atoms with Crippen LogP contribution in [0.3, 0.4) is 0 Å². The van der Waals surface area contributed by atoms with E-state index < -0.39 is 45.7 Å². The third kappa shape index (κ3) is 10.9. The molecule has 1 aromatic carbocycles. The van der Waals surface area contributed by atoms with Gasteiger partial charge in [0.2, 0.25) is 0 Å². The van der Waals surface area contributed by atoms with Crippen LogP contribution in [0.4, 0.5) is 0 Å². The molecule has 1 aromatic rings. The minimum Gasteiger partial charge on any atom is -0.414 e. The Morgan fingerprint density at radius 1 is 0.532 bits per heavy atom. The second-order valence-corrected chi connectivity index (χ2v) is 39.0. The van der Waals surface area contributed by atoms with E-state index in [1.54, 1.807) is 0 Å². The van der Waals surface area contributed by atoms with Gasteiger partial charge in [0.05, 0.1) is 13.2 Å². The molecule has 0 aromatic heterocycles. The predicted octanol–water partition coefficient (Wildman–Crippen LogP) is 11.1. The van der Waals surface area contributed by atoms with E-state index in [4.69, 9.17) is 27.2 Å². The molecule has 0 spiro atoms. The van der Waals surface area contributed by atoms with Gasteiger partial charge in [-0.3, -0.25) is 0 Å². The lowest BCUT2D eigenvalue weighted by Crippen LogP contribution is -2.68. The summed E-state index contributed by atoms with van der Waals surface area (Å²) in [6.45, 7) is 46.8. The molecule has 1 aliphatic heterocycles. The van der Waals surface area contributed by atoms with E-state index in [1.807, 2.05) is 18.2 Å². The van der Waals surface area contributed by atoms with Gasteiger partial charge in [0, 0.05) is 0 Å². The van der Waals surface area contributed by atoms with Gasteiger partial charge in [0.25, 0.3) is 0 Å². The maximum absolute atomic E-state index is 7.53. The lowest BCUT2D eigenvalue weighted by Gasteiger charge is -2.54. The lowest BCUT2D eigenvalue weighted by atomic mass is 9.99. The molecule has 6 nitrogen and oxygen atoms in total. The molecule has 0 N–H and O–H groups in total. The van der Waals surface area contributed by atoms with Gasteiger partial charge in [-0.25, -0.2) is 0 Å². The quantitative estimate of drug-likeness (QED) is 0.200. The highest BCUT2D eigenvalue weighted by molar-refractivity contribution is 6.75. The molecule has 274 valence electrons. The molecule has 0 unspecified atom stereocenters. The van der Waals surface area contributed by atoms with E-state index in [-0.39, 0.29) is 38.5 Å². The Morgan fingerprint density at radius 3 is 1.32 bits per heavy atom. The van der Waals surface area contributed by atoms with Crippen LogP contribution in [0.1, 0.15) is 88.6 Å². The van der Waals surface area contributed by atoms with Crippen LogP contribution in [0.15, 0.2) is 30.3 Å². The van der Waals surface area contributed by atoms with Crippen molar-refractivity contribution in [3.05, 3.63) is 35.9 Å². The first kappa shape index (κ1) is 43.0. The van der Waals surface area contributed by atoms with Crippen LogP contribution < -0.4 is 0 Å². The zero-order valence-electron chi connectivity index (χ0n) is 34.1. The molecule has 0 bridgehead atoms. The second-order valence-electron chi connectivity index (χ2n) is 19.9. The molecular formula is C37H74O6Si4. The van der Waals surface area contributed by atoms with Gasteiger partial charge < -0.3 is 27.2 Å². The van der Waals surface area contributed by atoms with Crippen LogP contribution in [-0.2, 0) is 33.8 Å². The van der Waals surface area contributed by atoms with Gasteiger partial charge >= 0.3 is 0 Å². The van der Waals surface area contributed by atoms with Gasteiger partial charge in [-0.05, 0) is 78.1 Å². The summed E-state index contributed by atoms with van der Waals surface area (Å²) in [5.41, 5.74) is 1.10. The predicted molar refractivity (Wildman–Crippen MR) is 209 cm³/mol. The molecule has 10 heteroatoms. The molecule has 2 rings (SSSR count). The Hall–Kier alpha value is -0.152. The summed E-state index contributed by atoms with van der Waals surface area (Å²) >= 11 is 0. The van der Waals surface area contributed by atoms with E-state index in [0.717, 1.165) is 5.56 Å². The van der Waals surface area contributed by atoms with Crippen LogP contribution in [-0.4, -0.2) is 70.6 Å². The number of ether oxygens (including phenoxy) is 2. The molecule has 0 aliphatic carbocycles. The Kier molecular flexibility index (Phi) is 13.6. The highest BCUT2D eigenvalue weighted by Crippen LogP contribution is 2.46. The Morgan fingerprint density at radius 2 is 0.915 bits per heavy atom. The first-order valence-corrected chi connectivity index (χ1v) is 29.4. The van der Waals surface area contributed by atoms with Crippen LogP contribution in [0, 0.1) is 0 Å². The van der Waals surface area contributed by atoms with E-state index in [0.29, 0.717) is 13.2 Å². The fourth-order valence-electron chi connectivity index (χ4n) is 4.36. The Bertz CT molecular complexity index is 1130. The monoisotopic (exact) mass is 726 g/mol. The van der Waals surface area contributed by atoms with Crippen molar-refractivity contribution in [3.8, 4) is 0 Å². The molecular weight excluding hydrogens is 653 g/mol. The van der Waals surface area contributed by atoms with Crippen LogP contribution in [0.25, 0.3) is 0 Å². The summed E-state index contributed by atoms with van der Waals surface area (Å²) in [5.74, 6) is 0. The smallest absolute Gasteiger partial charge is 0.192 e. The summed E-state index contributed by atoms with van der Waals surface area (Å²) in [6, 6.07) is 10.3. The molecule has 0 radical (unpaired) electrons. The molecule has 1 heterocycles. The summed E-state index contributed by atoms with van der Waals surface area (Å²) < 4.78 is 43.1. The van der Waals surface area contributed by atoms with E-state index in [2.05, 4.69) is 148 Å². The fourth-order valence-corrected chi connectivity index (χ4v) is 9.27. The maximum atomic E-state index is 7.53. The Labute approximate surface area is 294 Å². The summed E-state index contributed by atoms with van der Waals surface area (Å²) in [7, 11) is -9.05. The number of benzene rings is 1. The lowest BCUT2D eigenvalue weighted by molar-refractivity contribution is -0.294. The van der Waals surface area contributed by atoms with Gasteiger partial charge in [0.1, 0.15) is 24.4 Å². The minimum absolute atomic E-state index is 0.00416. The van der Waals surface area contributed by atoms with Crippen molar-refractivity contribution in [1.29, 1.82) is 0 Å². The number of rotatable bonds is 12. The third-order valence-electron chi connectivity index (χ3n) is 12.0. The number of hydrogen-bond donors (Lipinski definition) is 0. The van der Waals surface area contributed by atoms with Gasteiger partial charge in [-0.15, -0.1) is 0 Å². The standard InChI is InChI=1S/C37H74O6Si4/c1-34(2,3)44(13,14)39-27-29-30(41-45(15,16)35(4,5)6)31(42-46(17,18)36(7,8)9)32(43-47(19,20)37(10,11)12)33(40-29)38-26-28-24-22-21-23-25-28/h21-25,29-33H,26-27H2,1-20H3/t29-,30+,31+,32-,33+/m1/s1. The summed E-state index contributed by atoms with van der Waals surface area (Å²) in [5, 5.41) is 0.0277. The van der Waals surface area contributed by atoms with Crippen LogP contribution in [0.2, 0.25) is 72.5 Å². The van der Waals surface area contributed by atoms with Crippen molar-refractivity contribution in [2.24, 2.45) is 0 Å².